The summed E-state index contributed by atoms with van der Waals surface area (Å²) in [4.78, 5) is 12.2. The molecule has 2 nitrogen and oxygen atoms in total. The molecule has 2 heteroatoms. The number of rotatable bonds is 2. The topological polar surface area (TPSA) is 40.9 Å². The van der Waals surface area contributed by atoms with E-state index in [1.807, 2.05) is 20.8 Å². The lowest BCUT2D eigenvalue weighted by molar-refractivity contribution is -0.141. The first-order valence-electron chi connectivity index (χ1n) is 5.34. The molecule has 1 saturated carbocycles. The first-order valence-corrected chi connectivity index (χ1v) is 5.34. The second kappa shape index (κ2) is 3.73. The minimum absolute atomic E-state index is 0.178. The van der Waals surface area contributed by atoms with E-state index in [0.29, 0.717) is 12.2 Å². The molecule has 0 bridgehead atoms. The van der Waals surface area contributed by atoms with Gasteiger partial charge in [0, 0.05) is 17.3 Å². The van der Waals surface area contributed by atoms with E-state index >= 15 is 0 Å². The molecule has 0 N–H and O–H groups in total. The molecule has 1 aliphatic carbocycles. The molecule has 1 unspecified atom stereocenters. The summed E-state index contributed by atoms with van der Waals surface area (Å²) < 4.78 is 0. The van der Waals surface area contributed by atoms with E-state index in [0.717, 1.165) is 25.7 Å². The minimum atomic E-state index is -0.239. The molecule has 0 aromatic rings. The van der Waals surface area contributed by atoms with E-state index in [9.17, 15) is 4.79 Å². The predicted molar refractivity (Wildman–Crippen MR) is 55.6 cm³/mol. The summed E-state index contributed by atoms with van der Waals surface area (Å²) in [5.74, 6) is 0.353. The lowest BCUT2D eigenvalue weighted by atomic mass is 9.62. The maximum atomic E-state index is 12.2. The Bertz CT molecular complexity index is 275. The third-order valence-corrected chi connectivity index (χ3v) is 3.48. The van der Waals surface area contributed by atoms with Crippen LogP contribution in [0.15, 0.2) is 0 Å². The summed E-state index contributed by atoms with van der Waals surface area (Å²) in [6, 6.07) is 2.14. The van der Waals surface area contributed by atoms with E-state index < -0.39 is 0 Å². The van der Waals surface area contributed by atoms with Gasteiger partial charge in [-0.05, 0) is 19.3 Å². The largest absolute Gasteiger partial charge is 0.298 e. The van der Waals surface area contributed by atoms with E-state index in [-0.39, 0.29) is 10.8 Å². The molecule has 0 aromatic heterocycles. The highest BCUT2D eigenvalue weighted by Crippen LogP contribution is 2.45. The quantitative estimate of drug-likeness (QED) is 0.676. The third kappa shape index (κ3) is 1.97. The van der Waals surface area contributed by atoms with Crippen LogP contribution in [0, 0.1) is 22.2 Å². The standard InChI is InChI=1S/C12H19NO/c1-11(2)6-4-7-12(3,10(11)14)8-5-9-13/h4-8H2,1-3H3. The zero-order chi connectivity index (χ0) is 10.8. The van der Waals surface area contributed by atoms with Crippen molar-refractivity contribution in [1.29, 1.82) is 5.26 Å². The molecule has 0 saturated heterocycles. The Hall–Kier alpha value is -0.840. The molecule has 0 spiro atoms. The maximum absolute atomic E-state index is 12.2. The number of nitriles is 1. The van der Waals surface area contributed by atoms with Gasteiger partial charge in [-0.1, -0.05) is 27.2 Å². The Morgan fingerprint density at radius 1 is 1.36 bits per heavy atom. The molecule has 0 aliphatic heterocycles. The van der Waals surface area contributed by atoms with Gasteiger partial charge in [-0.3, -0.25) is 4.79 Å². The third-order valence-electron chi connectivity index (χ3n) is 3.48. The normalized spacial score (nSPS) is 31.1. The number of Topliss-reactive ketones (excluding diaryl/α,β-unsaturated/α-hetero) is 1. The van der Waals surface area contributed by atoms with E-state index in [4.69, 9.17) is 5.26 Å². The molecule has 1 aliphatic rings. The van der Waals surface area contributed by atoms with Crippen LogP contribution in [0.3, 0.4) is 0 Å². The number of ketones is 1. The highest BCUT2D eigenvalue weighted by molar-refractivity contribution is 5.90. The number of hydrogen-bond donors (Lipinski definition) is 0. The second-order valence-corrected chi connectivity index (χ2v) is 5.29. The molecule has 1 fully saturated rings. The van der Waals surface area contributed by atoms with E-state index in [2.05, 4.69) is 6.07 Å². The van der Waals surface area contributed by atoms with Crippen LogP contribution < -0.4 is 0 Å². The van der Waals surface area contributed by atoms with Gasteiger partial charge in [-0.25, -0.2) is 0 Å². The molecule has 1 rings (SSSR count). The number of carbonyl (C=O) groups is 1. The van der Waals surface area contributed by atoms with Crippen LogP contribution in [0.4, 0.5) is 0 Å². The van der Waals surface area contributed by atoms with Crippen molar-refractivity contribution in [2.75, 3.05) is 0 Å². The molecular formula is C12H19NO. The van der Waals surface area contributed by atoms with Gasteiger partial charge in [0.1, 0.15) is 5.78 Å². The first kappa shape index (κ1) is 11.2. The van der Waals surface area contributed by atoms with Crippen molar-refractivity contribution in [3.05, 3.63) is 0 Å². The minimum Gasteiger partial charge on any atom is -0.298 e. The van der Waals surface area contributed by atoms with Crippen LogP contribution in [0.2, 0.25) is 0 Å². The summed E-state index contributed by atoms with van der Waals surface area (Å²) in [7, 11) is 0. The zero-order valence-electron chi connectivity index (χ0n) is 9.39. The van der Waals surface area contributed by atoms with Crippen molar-refractivity contribution in [2.24, 2.45) is 10.8 Å². The van der Waals surface area contributed by atoms with Crippen LogP contribution in [-0.4, -0.2) is 5.78 Å². The molecule has 1 atom stereocenters. The molecule has 14 heavy (non-hydrogen) atoms. The fourth-order valence-electron chi connectivity index (χ4n) is 2.53. The van der Waals surface area contributed by atoms with Gasteiger partial charge in [0.15, 0.2) is 0 Å². The Balaban J connectivity index is 2.78. The molecule has 0 amide bonds. The monoisotopic (exact) mass is 193 g/mol. The highest BCUT2D eigenvalue weighted by atomic mass is 16.1. The van der Waals surface area contributed by atoms with Crippen molar-refractivity contribution >= 4 is 5.78 Å². The fourth-order valence-corrected chi connectivity index (χ4v) is 2.53. The lowest BCUT2D eigenvalue weighted by Gasteiger charge is -2.40. The molecule has 0 radical (unpaired) electrons. The summed E-state index contributed by atoms with van der Waals surface area (Å²) >= 11 is 0. The Kier molecular flexibility index (Phi) is 2.99. The van der Waals surface area contributed by atoms with E-state index in [1.54, 1.807) is 0 Å². The Morgan fingerprint density at radius 2 is 2.00 bits per heavy atom. The van der Waals surface area contributed by atoms with Gasteiger partial charge < -0.3 is 0 Å². The van der Waals surface area contributed by atoms with Crippen molar-refractivity contribution in [1.82, 2.24) is 0 Å². The predicted octanol–water partition coefficient (Wildman–Crippen LogP) is 3.08. The number of hydrogen-bond acceptors (Lipinski definition) is 2. The number of nitrogens with zero attached hydrogens (tertiary/aromatic N) is 1. The second-order valence-electron chi connectivity index (χ2n) is 5.29. The summed E-state index contributed by atoms with van der Waals surface area (Å²) in [6.07, 6.45) is 4.29. The zero-order valence-corrected chi connectivity index (χ0v) is 9.39. The maximum Gasteiger partial charge on any atom is 0.144 e. The van der Waals surface area contributed by atoms with Crippen molar-refractivity contribution < 1.29 is 4.79 Å². The Labute approximate surface area is 86.3 Å². The SMILES string of the molecule is CC1(C)CCCC(C)(CCC#N)C1=O. The van der Waals surface area contributed by atoms with Gasteiger partial charge in [0.2, 0.25) is 0 Å². The Morgan fingerprint density at radius 3 is 2.57 bits per heavy atom. The average molecular weight is 193 g/mol. The summed E-state index contributed by atoms with van der Waals surface area (Å²) in [5, 5.41) is 8.57. The summed E-state index contributed by atoms with van der Waals surface area (Å²) in [6.45, 7) is 6.08. The van der Waals surface area contributed by atoms with Crippen LogP contribution in [0.5, 0.6) is 0 Å². The van der Waals surface area contributed by atoms with Crippen LogP contribution in [0.1, 0.15) is 52.9 Å². The van der Waals surface area contributed by atoms with Crippen LogP contribution in [-0.2, 0) is 4.79 Å². The smallest absolute Gasteiger partial charge is 0.144 e. The van der Waals surface area contributed by atoms with Gasteiger partial charge in [-0.2, -0.15) is 5.26 Å². The van der Waals surface area contributed by atoms with Gasteiger partial charge in [0.05, 0.1) is 6.07 Å². The van der Waals surface area contributed by atoms with Gasteiger partial charge in [0.25, 0.3) is 0 Å². The van der Waals surface area contributed by atoms with Crippen LogP contribution >= 0.6 is 0 Å². The van der Waals surface area contributed by atoms with Gasteiger partial charge >= 0.3 is 0 Å². The first-order chi connectivity index (χ1) is 6.42. The number of carbonyl (C=O) groups excluding carboxylic acids is 1. The van der Waals surface area contributed by atoms with Crippen LogP contribution in [0.25, 0.3) is 0 Å². The fraction of sp³-hybridized carbons (Fsp3) is 0.833. The highest BCUT2D eigenvalue weighted by Gasteiger charge is 2.44. The van der Waals surface area contributed by atoms with Gasteiger partial charge in [-0.15, -0.1) is 0 Å². The molecule has 78 valence electrons. The summed E-state index contributed by atoms with van der Waals surface area (Å²) in [5.41, 5.74) is -0.417. The van der Waals surface area contributed by atoms with Crippen molar-refractivity contribution in [3.63, 3.8) is 0 Å². The van der Waals surface area contributed by atoms with Crippen molar-refractivity contribution in [2.45, 2.75) is 52.9 Å². The molecule has 0 aromatic carbocycles. The van der Waals surface area contributed by atoms with Crippen molar-refractivity contribution in [3.8, 4) is 6.07 Å². The molecule has 0 heterocycles. The lowest BCUT2D eigenvalue weighted by Crippen LogP contribution is -2.42. The molecular weight excluding hydrogens is 174 g/mol. The van der Waals surface area contributed by atoms with E-state index in [1.165, 1.54) is 0 Å². The average Bonchev–Trinajstić information content (AvgIpc) is 2.11.